The van der Waals surface area contributed by atoms with Crippen molar-refractivity contribution in [1.29, 1.82) is 0 Å². The highest BCUT2D eigenvalue weighted by Crippen LogP contribution is 2.37. The van der Waals surface area contributed by atoms with Gasteiger partial charge in [-0.05, 0) is 36.6 Å². The van der Waals surface area contributed by atoms with Gasteiger partial charge in [0.2, 0.25) is 0 Å². The van der Waals surface area contributed by atoms with E-state index in [1.165, 1.54) is 29.1 Å². The Morgan fingerprint density at radius 3 is 2.74 bits per heavy atom. The van der Waals surface area contributed by atoms with Crippen LogP contribution < -0.4 is 0 Å². The number of hydrogen-bond donors (Lipinski definition) is 0. The van der Waals surface area contributed by atoms with E-state index in [-0.39, 0.29) is 29.5 Å². The predicted molar refractivity (Wildman–Crippen MR) is 97.5 cm³/mol. The number of carbonyl (C=O) groups is 1. The van der Waals surface area contributed by atoms with E-state index in [0.29, 0.717) is 29.8 Å². The molecule has 27 heavy (non-hydrogen) atoms. The van der Waals surface area contributed by atoms with Crippen molar-refractivity contribution in [2.45, 2.75) is 19.4 Å². The number of halogens is 2. The van der Waals surface area contributed by atoms with Gasteiger partial charge >= 0.3 is 0 Å². The van der Waals surface area contributed by atoms with Crippen LogP contribution >= 0.6 is 0 Å². The first-order valence-corrected chi connectivity index (χ1v) is 8.89. The lowest BCUT2D eigenvalue weighted by atomic mass is 10.0. The molecule has 3 aromatic rings. The summed E-state index contributed by atoms with van der Waals surface area (Å²) in [5.41, 5.74) is 1.47. The van der Waals surface area contributed by atoms with Crippen molar-refractivity contribution in [3.05, 3.63) is 83.7 Å². The number of amides is 1. The molecule has 0 radical (unpaired) electrons. The Morgan fingerprint density at radius 2 is 1.96 bits per heavy atom. The average molecular weight is 367 g/mol. The van der Waals surface area contributed by atoms with Gasteiger partial charge in [-0.3, -0.25) is 4.79 Å². The first-order chi connectivity index (χ1) is 13.0. The second kappa shape index (κ2) is 6.95. The van der Waals surface area contributed by atoms with E-state index in [2.05, 4.69) is 12.0 Å². The van der Waals surface area contributed by atoms with E-state index in [4.69, 9.17) is 0 Å². The second-order valence-electron chi connectivity index (χ2n) is 6.99. The van der Waals surface area contributed by atoms with Gasteiger partial charge in [0, 0.05) is 18.3 Å². The molecule has 0 bridgehead atoms. The van der Waals surface area contributed by atoms with Gasteiger partial charge in [-0.2, -0.15) is 5.10 Å². The number of aromatic nitrogens is 2. The van der Waals surface area contributed by atoms with Gasteiger partial charge < -0.3 is 4.90 Å². The summed E-state index contributed by atoms with van der Waals surface area (Å²) in [5.74, 6) is -0.596. The van der Waals surface area contributed by atoms with E-state index >= 15 is 0 Å². The first kappa shape index (κ1) is 17.4. The minimum Gasteiger partial charge on any atom is -0.331 e. The number of nitrogens with zero attached hydrogens (tertiary/aromatic N) is 3. The predicted octanol–water partition coefficient (Wildman–Crippen LogP) is 4.37. The van der Waals surface area contributed by atoms with Gasteiger partial charge in [-0.25, -0.2) is 13.5 Å². The fraction of sp³-hybridized carbons (Fsp3) is 0.238. The summed E-state index contributed by atoms with van der Waals surface area (Å²) in [6, 6.07) is 12.3. The quantitative estimate of drug-likeness (QED) is 0.689. The normalized spacial score (nSPS) is 19.4. The summed E-state index contributed by atoms with van der Waals surface area (Å²) >= 11 is 0. The molecule has 4 nitrogen and oxygen atoms in total. The Labute approximate surface area is 156 Å². The van der Waals surface area contributed by atoms with Crippen molar-refractivity contribution in [3.8, 4) is 5.69 Å². The third-order valence-electron chi connectivity index (χ3n) is 4.94. The van der Waals surface area contributed by atoms with Gasteiger partial charge in [-0.1, -0.05) is 31.2 Å². The fourth-order valence-electron chi connectivity index (χ4n) is 3.67. The SMILES string of the molecule is CC1CC(c2ccccc2F)N(C(=O)c2cnn(-c3cccc(F)c3)c2)C1. The molecule has 4 rings (SSSR count). The molecule has 138 valence electrons. The van der Waals surface area contributed by atoms with Gasteiger partial charge in [-0.15, -0.1) is 0 Å². The number of rotatable bonds is 3. The first-order valence-electron chi connectivity index (χ1n) is 8.89. The largest absolute Gasteiger partial charge is 0.331 e. The van der Waals surface area contributed by atoms with Crippen molar-refractivity contribution in [2.75, 3.05) is 6.54 Å². The van der Waals surface area contributed by atoms with Crippen LogP contribution in [0.15, 0.2) is 60.9 Å². The van der Waals surface area contributed by atoms with Crippen LogP contribution in [0, 0.1) is 17.6 Å². The molecule has 1 fully saturated rings. The highest BCUT2D eigenvalue weighted by atomic mass is 19.1. The summed E-state index contributed by atoms with van der Waals surface area (Å²) in [4.78, 5) is 14.8. The van der Waals surface area contributed by atoms with Gasteiger partial charge in [0.05, 0.1) is 23.5 Å². The van der Waals surface area contributed by atoms with E-state index in [0.717, 1.165) is 0 Å². The smallest absolute Gasteiger partial charge is 0.257 e. The van der Waals surface area contributed by atoms with Crippen LogP contribution in [0.3, 0.4) is 0 Å². The van der Waals surface area contributed by atoms with Crippen molar-refractivity contribution in [1.82, 2.24) is 14.7 Å². The summed E-state index contributed by atoms with van der Waals surface area (Å²) in [6.45, 7) is 2.61. The Bertz CT molecular complexity index is 985. The third kappa shape index (κ3) is 3.35. The zero-order valence-electron chi connectivity index (χ0n) is 14.8. The molecule has 0 spiro atoms. The van der Waals surface area contributed by atoms with Crippen molar-refractivity contribution in [3.63, 3.8) is 0 Å². The number of benzene rings is 2. The van der Waals surface area contributed by atoms with Gasteiger partial charge in [0.25, 0.3) is 5.91 Å². The summed E-state index contributed by atoms with van der Waals surface area (Å²) in [7, 11) is 0. The van der Waals surface area contributed by atoms with Crippen LogP contribution in [0.25, 0.3) is 5.69 Å². The number of likely N-dealkylation sites (tertiary alicyclic amines) is 1. The van der Waals surface area contributed by atoms with E-state index < -0.39 is 0 Å². The summed E-state index contributed by atoms with van der Waals surface area (Å²) < 4.78 is 29.2. The number of carbonyl (C=O) groups excluding carboxylic acids is 1. The van der Waals surface area contributed by atoms with Crippen LogP contribution in [-0.2, 0) is 0 Å². The molecular weight excluding hydrogens is 348 g/mol. The third-order valence-corrected chi connectivity index (χ3v) is 4.94. The van der Waals surface area contributed by atoms with Gasteiger partial charge in [0.1, 0.15) is 11.6 Å². The Kier molecular flexibility index (Phi) is 4.48. The standard InChI is InChI=1S/C21H19F2N3O/c1-14-9-20(18-7-2-3-8-19(18)23)25(12-14)21(27)15-11-24-26(13-15)17-6-4-5-16(22)10-17/h2-8,10-11,13-14,20H,9,12H2,1H3. The van der Waals surface area contributed by atoms with E-state index in [1.54, 1.807) is 41.4 Å². The highest BCUT2D eigenvalue weighted by Gasteiger charge is 2.36. The maximum Gasteiger partial charge on any atom is 0.257 e. The molecule has 2 atom stereocenters. The average Bonchev–Trinajstić information content (AvgIpc) is 3.29. The minimum atomic E-state index is -0.371. The zero-order chi connectivity index (χ0) is 19.0. The summed E-state index contributed by atoms with van der Waals surface area (Å²) in [6.07, 6.45) is 3.76. The van der Waals surface area contributed by atoms with E-state index in [9.17, 15) is 13.6 Å². The van der Waals surface area contributed by atoms with Crippen molar-refractivity contribution in [2.24, 2.45) is 5.92 Å². The Balaban J connectivity index is 1.63. The van der Waals surface area contributed by atoms with Crippen molar-refractivity contribution < 1.29 is 13.6 Å². The molecule has 6 heteroatoms. The molecule has 2 unspecified atom stereocenters. The maximum absolute atomic E-state index is 14.3. The Morgan fingerprint density at radius 1 is 1.15 bits per heavy atom. The molecular formula is C21H19F2N3O. The lowest BCUT2D eigenvalue weighted by Gasteiger charge is -2.25. The molecule has 2 heterocycles. The molecule has 0 N–H and O–H groups in total. The Hall–Kier alpha value is -3.02. The van der Waals surface area contributed by atoms with Crippen molar-refractivity contribution >= 4 is 5.91 Å². The molecule has 0 aliphatic carbocycles. The highest BCUT2D eigenvalue weighted by molar-refractivity contribution is 5.94. The van der Waals surface area contributed by atoms with E-state index in [1.807, 2.05) is 0 Å². The summed E-state index contributed by atoms with van der Waals surface area (Å²) in [5, 5.41) is 4.18. The minimum absolute atomic E-state index is 0.199. The maximum atomic E-state index is 14.3. The second-order valence-corrected chi connectivity index (χ2v) is 6.99. The van der Waals surface area contributed by atoms with Crippen LogP contribution in [0.5, 0.6) is 0 Å². The van der Waals surface area contributed by atoms with Crippen LogP contribution in [0.4, 0.5) is 8.78 Å². The van der Waals surface area contributed by atoms with Gasteiger partial charge in [0.15, 0.2) is 0 Å². The molecule has 1 aliphatic rings. The molecule has 1 aliphatic heterocycles. The monoisotopic (exact) mass is 367 g/mol. The lowest BCUT2D eigenvalue weighted by Crippen LogP contribution is -2.31. The number of hydrogen-bond acceptors (Lipinski definition) is 2. The topological polar surface area (TPSA) is 38.1 Å². The lowest BCUT2D eigenvalue weighted by molar-refractivity contribution is 0.0730. The van der Waals surface area contributed by atoms with Crippen LogP contribution in [0.1, 0.15) is 35.3 Å². The molecule has 0 saturated carbocycles. The molecule has 1 amide bonds. The fourth-order valence-corrected chi connectivity index (χ4v) is 3.67. The zero-order valence-corrected chi connectivity index (χ0v) is 14.8. The molecule has 1 aromatic heterocycles. The van der Waals surface area contributed by atoms with Crippen LogP contribution in [-0.4, -0.2) is 27.1 Å². The van der Waals surface area contributed by atoms with Crippen LogP contribution in [0.2, 0.25) is 0 Å². The molecule has 2 aromatic carbocycles. The molecule has 1 saturated heterocycles.